The highest BCUT2D eigenvalue weighted by atomic mass is 127. The van der Waals surface area contributed by atoms with E-state index in [2.05, 4.69) is 15.0 Å². The van der Waals surface area contributed by atoms with Crippen LogP contribution in [0.1, 0.15) is 19.8 Å². The lowest BCUT2D eigenvalue weighted by Crippen LogP contribution is -2.37. The molecule has 4 rings (SSSR count). The van der Waals surface area contributed by atoms with Gasteiger partial charge in [0, 0.05) is 52.3 Å². The van der Waals surface area contributed by atoms with Gasteiger partial charge in [0.25, 0.3) is 0 Å². The Kier molecular flexibility index (Phi) is 4.45. The second-order valence-corrected chi connectivity index (χ2v) is 7.73. The van der Waals surface area contributed by atoms with Crippen LogP contribution in [0.15, 0.2) is 53.5 Å². The van der Waals surface area contributed by atoms with E-state index in [1.165, 1.54) is 0 Å². The monoisotopic (exact) mass is 479 g/mol. The Hall–Kier alpha value is -2.36. The van der Waals surface area contributed by atoms with Gasteiger partial charge in [0.15, 0.2) is 0 Å². The first-order valence-electron chi connectivity index (χ1n) is 8.36. The van der Waals surface area contributed by atoms with Crippen molar-refractivity contribution in [1.82, 2.24) is 14.4 Å². The van der Waals surface area contributed by atoms with Gasteiger partial charge in [0.1, 0.15) is 11.4 Å². The summed E-state index contributed by atoms with van der Waals surface area (Å²) in [5, 5.41) is 1.39. The molecule has 1 aliphatic carbocycles. The third-order valence-corrected chi connectivity index (χ3v) is 5.08. The quantitative estimate of drug-likeness (QED) is 0.506. The van der Waals surface area contributed by atoms with Gasteiger partial charge in [-0.3, -0.25) is 9.39 Å². The van der Waals surface area contributed by atoms with Crippen LogP contribution >= 0.6 is 22.6 Å². The van der Waals surface area contributed by atoms with Gasteiger partial charge in [0.05, 0.1) is 5.35 Å². The number of anilines is 1. The number of allylic oxidation sites excluding steroid dienone is 6. The molecule has 2 N–H and O–H groups in total. The Morgan fingerprint density at radius 3 is 2.78 bits per heavy atom. The third kappa shape index (κ3) is 3.33. The van der Waals surface area contributed by atoms with Crippen LogP contribution in [-0.2, 0) is 0 Å². The average molecular weight is 479 g/mol. The summed E-state index contributed by atoms with van der Waals surface area (Å²) in [5.41, 5.74) is 8.75. The molecule has 3 heterocycles. The van der Waals surface area contributed by atoms with Crippen LogP contribution < -0.4 is 16.3 Å². The van der Waals surface area contributed by atoms with Crippen LogP contribution in [0, 0.1) is 0 Å². The van der Waals surface area contributed by atoms with Crippen molar-refractivity contribution in [3.63, 3.8) is 0 Å². The molecule has 0 radical (unpaired) electrons. The number of nitrogens with zero attached hydrogens (tertiary/aromatic N) is 4. The van der Waals surface area contributed by atoms with E-state index >= 15 is 0 Å². The van der Waals surface area contributed by atoms with E-state index in [1.807, 2.05) is 30.4 Å². The minimum atomic E-state index is -3.02. The predicted octanol–water partition coefficient (Wildman–Crippen LogP) is 2.91. The number of hydrogen-bond donors (Lipinski definition) is 1. The van der Waals surface area contributed by atoms with E-state index in [0.717, 1.165) is 33.4 Å². The molecule has 2 aliphatic rings. The molecule has 138 valence electrons. The van der Waals surface area contributed by atoms with Gasteiger partial charge >= 0.3 is 3.93 Å². The first-order valence-corrected chi connectivity index (χ1v) is 9.43. The summed E-state index contributed by atoms with van der Waals surface area (Å²) < 4.78 is 26.6. The SMILES string of the molecule is CC1=CC(=c2c(=C3C=CC=CC3)nc(N)n3ccnc23)CC(C(F)(F)I)=N1. The molecule has 0 saturated heterocycles. The standard InChI is InChI=1S/C19H16F2IN5/c1-11-9-13(10-14(25-11)19(20,21)22)15-16(12-5-3-2-4-6-12)26-18(23)27-8-7-24-17(15)27/h2-5,7-9H,6,10H2,1H3,(H2,23,26). The summed E-state index contributed by atoms with van der Waals surface area (Å²) in [7, 11) is 0. The molecule has 2 aromatic heterocycles. The number of fused-ring (bicyclic) bond motifs is 1. The van der Waals surface area contributed by atoms with E-state index in [1.54, 1.807) is 23.7 Å². The minimum Gasteiger partial charge on any atom is -0.369 e. The second-order valence-electron chi connectivity index (χ2n) is 6.38. The Labute approximate surface area is 167 Å². The van der Waals surface area contributed by atoms with Crippen LogP contribution in [0.3, 0.4) is 0 Å². The predicted molar refractivity (Wildman–Crippen MR) is 111 cm³/mol. The summed E-state index contributed by atoms with van der Waals surface area (Å²) in [6.07, 6.45) is 13.7. The lowest BCUT2D eigenvalue weighted by atomic mass is 9.99. The van der Waals surface area contributed by atoms with Crippen LogP contribution in [0.25, 0.3) is 16.8 Å². The maximum Gasteiger partial charge on any atom is 0.334 e. The molecule has 27 heavy (non-hydrogen) atoms. The normalized spacial score (nSPS) is 21.5. The van der Waals surface area contributed by atoms with Gasteiger partial charge in [-0.15, -0.1) is 0 Å². The zero-order chi connectivity index (χ0) is 19.2. The van der Waals surface area contributed by atoms with E-state index in [-0.39, 0.29) is 12.1 Å². The lowest BCUT2D eigenvalue weighted by molar-refractivity contribution is 0.203. The summed E-state index contributed by atoms with van der Waals surface area (Å²) in [4.78, 5) is 13.1. The van der Waals surface area contributed by atoms with Crippen LogP contribution in [0.4, 0.5) is 14.7 Å². The summed E-state index contributed by atoms with van der Waals surface area (Å²) in [6.45, 7) is 1.71. The van der Waals surface area contributed by atoms with Crippen molar-refractivity contribution in [3.8, 4) is 0 Å². The Morgan fingerprint density at radius 1 is 1.26 bits per heavy atom. The summed E-state index contributed by atoms with van der Waals surface area (Å²) in [6, 6.07) is 0. The first kappa shape index (κ1) is 18.0. The van der Waals surface area contributed by atoms with Crippen molar-refractivity contribution in [2.45, 2.75) is 23.7 Å². The molecule has 0 bridgehead atoms. The number of aliphatic imine (C=N–C) groups is 1. The molecule has 8 heteroatoms. The van der Waals surface area contributed by atoms with Crippen molar-refractivity contribution in [3.05, 3.63) is 59.0 Å². The fraction of sp³-hybridized carbons (Fsp3) is 0.211. The average Bonchev–Trinajstić information content (AvgIpc) is 3.11. The summed E-state index contributed by atoms with van der Waals surface area (Å²) >= 11 is 1.12. The van der Waals surface area contributed by atoms with Gasteiger partial charge in [-0.2, -0.15) is 8.78 Å². The highest BCUT2D eigenvalue weighted by Crippen LogP contribution is 2.31. The Balaban J connectivity index is 2.14. The molecule has 1 aliphatic heterocycles. The number of nitrogens with two attached hydrogens (primary N) is 1. The molecule has 2 aromatic rings. The van der Waals surface area contributed by atoms with Gasteiger partial charge < -0.3 is 5.73 Å². The highest BCUT2D eigenvalue weighted by molar-refractivity contribution is 14.1. The molecule has 0 aromatic carbocycles. The van der Waals surface area contributed by atoms with Crippen molar-refractivity contribution < 1.29 is 8.78 Å². The maximum atomic E-state index is 14.0. The van der Waals surface area contributed by atoms with Gasteiger partial charge in [0.2, 0.25) is 5.95 Å². The number of nitrogen functional groups attached to an aromatic ring is 1. The molecule has 5 nitrogen and oxygen atoms in total. The van der Waals surface area contributed by atoms with Gasteiger partial charge in [-0.05, 0) is 30.6 Å². The van der Waals surface area contributed by atoms with Crippen molar-refractivity contribution in [2.75, 3.05) is 5.73 Å². The molecule has 0 atom stereocenters. The second kappa shape index (κ2) is 6.66. The van der Waals surface area contributed by atoms with Crippen molar-refractivity contribution in [2.24, 2.45) is 4.99 Å². The van der Waals surface area contributed by atoms with E-state index in [4.69, 9.17) is 5.73 Å². The molecule has 0 unspecified atom stereocenters. The largest absolute Gasteiger partial charge is 0.369 e. The first-order chi connectivity index (χ1) is 12.8. The van der Waals surface area contributed by atoms with Gasteiger partial charge in [-0.25, -0.2) is 9.97 Å². The lowest BCUT2D eigenvalue weighted by Gasteiger charge is -2.18. The number of rotatable bonds is 1. The smallest absolute Gasteiger partial charge is 0.334 e. The van der Waals surface area contributed by atoms with E-state index in [0.29, 0.717) is 34.6 Å². The fourth-order valence-electron chi connectivity index (χ4n) is 3.31. The number of imidazole rings is 1. The Morgan fingerprint density at radius 2 is 2.07 bits per heavy atom. The number of hydrogen-bond acceptors (Lipinski definition) is 4. The Bertz CT molecular complexity index is 1180. The number of alkyl halides is 3. The van der Waals surface area contributed by atoms with Crippen LogP contribution in [-0.4, -0.2) is 24.0 Å². The van der Waals surface area contributed by atoms with Crippen molar-refractivity contribution >= 4 is 51.0 Å². The highest BCUT2D eigenvalue weighted by Gasteiger charge is 2.34. The zero-order valence-electron chi connectivity index (χ0n) is 14.5. The molecular formula is C19H16F2IN5. The zero-order valence-corrected chi connectivity index (χ0v) is 16.6. The van der Waals surface area contributed by atoms with E-state index < -0.39 is 3.93 Å². The molecule has 0 spiro atoms. The number of aromatic nitrogens is 3. The maximum absolute atomic E-state index is 14.0. The summed E-state index contributed by atoms with van der Waals surface area (Å²) in [5.74, 6) is 0.307. The van der Waals surface area contributed by atoms with E-state index in [9.17, 15) is 8.78 Å². The molecule has 0 saturated carbocycles. The van der Waals surface area contributed by atoms with Gasteiger partial charge in [-0.1, -0.05) is 24.3 Å². The van der Waals surface area contributed by atoms with Crippen molar-refractivity contribution in [1.29, 1.82) is 0 Å². The van der Waals surface area contributed by atoms with Crippen LogP contribution in [0.2, 0.25) is 0 Å². The van der Waals surface area contributed by atoms with Crippen LogP contribution in [0.5, 0.6) is 0 Å². The third-order valence-electron chi connectivity index (χ3n) is 4.46. The number of halogens is 3. The molecule has 0 fully saturated rings. The minimum absolute atomic E-state index is 0.0290. The fourth-order valence-corrected chi connectivity index (χ4v) is 3.62. The molecular weight excluding hydrogens is 463 g/mol. The topological polar surface area (TPSA) is 68.6 Å². The molecule has 0 amide bonds.